The molecule has 1 aliphatic rings. The van der Waals surface area contributed by atoms with Crippen molar-refractivity contribution in [3.05, 3.63) is 29.5 Å². The highest BCUT2D eigenvalue weighted by molar-refractivity contribution is 7.85. The first-order valence-corrected chi connectivity index (χ1v) is 4.59. The minimum absolute atomic E-state index is 0.0278. The van der Waals surface area contributed by atoms with Crippen molar-refractivity contribution in [3.63, 3.8) is 0 Å². The van der Waals surface area contributed by atoms with Gasteiger partial charge < -0.3 is 5.21 Å². The molecule has 0 radical (unpaired) electrons. The first-order valence-electron chi connectivity index (χ1n) is 3.15. The van der Waals surface area contributed by atoms with E-state index in [2.05, 4.69) is 5.11 Å². The minimum atomic E-state index is -3.87. The molecule has 0 saturated carbocycles. The van der Waals surface area contributed by atoms with Crippen LogP contribution < -0.4 is 0 Å². The van der Waals surface area contributed by atoms with Crippen LogP contribution in [0.1, 0.15) is 0 Å². The Bertz CT molecular complexity index is 463. The van der Waals surface area contributed by atoms with Gasteiger partial charge in [0.25, 0.3) is 0 Å². The van der Waals surface area contributed by atoms with E-state index >= 15 is 0 Å². The molecule has 1 aromatic carbocycles. The molecule has 1 aromatic rings. The molecule has 0 unspecified atom stereocenters. The van der Waals surface area contributed by atoms with Crippen LogP contribution in [0, 0.1) is 5.21 Å². The average Bonchev–Trinajstić information content (AvgIpc) is 2.25. The monoisotopic (exact) mass is 184 g/mol. The van der Waals surface area contributed by atoms with Crippen molar-refractivity contribution in [1.29, 1.82) is 0 Å². The standard InChI is InChI=1S/C6H4N2O3S/c9-8-7-5-3-1-2-4-6(5)12(8,10)11/h1-4H. The first-order chi connectivity index (χ1) is 5.62. The smallest absolute Gasteiger partial charge is 0.431 e. The lowest BCUT2D eigenvalue weighted by Crippen LogP contribution is -2.07. The van der Waals surface area contributed by atoms with Gasteiger partial charge in [-0.3, -0.25) is 0 Å². The average molecular weight is 184 g/mol. The number of sulfonamides is 1. The van der Waals surface area contributed by atoms with Crippen molar-refractivity contribution in [2.45, 2.75) is 4.90 Å². The summed E-state index contributed by atoms with van der Waals surface area (Å²) in [6, 6.07) is 6.00. The fourth-order valence-corrected chi connectivity index (χ4v) is 1.97. The molecular weight excluding hydrogens is 180 g/mol. The molecule has 0 saturated heterocycles. The van der Waals surface area contributed by atoms with Gasteiger partial charge in [0, 0.05) is 9.38 Å². The first kappa shape index (κ1) is 7.23. The van der Waals surface area contributed by atoms with Gasteiger partial charge in [0.15, 0.2) is 10.6 Å². The van der Waals surface area contributed by atoms with Crippen molar-refractivity contribution in [2.24, 2.45) is 5.11 Å². The van der Waals surface area contributed by atoms with Gasteiger partial charge in [0.05, 0.1) is 0 Å². The van der Waals surface area contributed by atoms with Crippen LogP contribution in [0.5, 0.6) is 0 Å². The zero-order valence-electron chi connectivity index (χ0n) is 5.84. The number of hydrogen-bond donors (Lipinski definition) is 0. The Labute approximate surface area is 68.6 Å². The SMILES string of the molecule is O=S1(=O)c2ccccc2N=[N+]1[O-]. The maximum absolute atomic E-state index is 11.1. The number of fused-ring (bicyclic) bond motifs is 1. The fraction of sp³-hybridized carbons (Fsp3) is 0. The molecule has 0 atom stereocenters. The van der Waals surface area contributed by atoms with Crippen molar-refractivity contribution < 1.29 is 12.7 Å². The van der Waals surface area contributed by atoms with Crippen LogP contribution in [0.4, 0.5) is 5.69 Å². The summed E-state index contributed by atoms with van der Waals surface area (Å²) in [6.45, 7) is 0. The molecule has 1 heterocycles. The second-order valence-corrected chi connectivity index (χ2v) is 3.98. The normalized spacial score (nSPS) is 18.5. The molecule has 1 aliphatic heterocycles. The molecule has 0 aromatic heterocycles. The zero-order chi connectivity index (χ0) is 8.77. The van der Waals surface area contributed by atoms with Crippen molar-refractivity contribution in [2.75, 3.05) is 0 Å². The number of benzene rings is 1. The fourth-order valence-electron chi connectivity index (χ4n) is 0.984. The number of hydrogen-bond acceptors (Lipinski definition) is 4. The van der Waals surface area contributed by atoms with Crippen LogP contribution in [0.3, 0.4) is 0 Å². The van der Waals surface area contributed by atoms with Gasteiger partial charge in [0.2, 0.25) is 0 Å². The third-order valence-electron chi connectivity index (χ3n) is 1.54. The van der Waals surface area contributed by atoms with Gasteiger partial charge in [-0.2, -0.15) is 8.42 Å². The Morgan fingerprint density at radius 2 is 2.00 bits per heavy atom. The molecule has 0 bridgehead atoms. The van der Waals surface area contributed by atoms with Gasteiger partial charge in [-0.05, 0) is 12.1 Å². The van der Waals surface area contributed by atoms with Crippen molar-refractivity contribution in [1.82, 2.24) is 0 Å². The summed E-state index contributed by atoms with van der Waals surface area (Å²) in [6.07, 6.45) is 0. The van der Waals surface area contributed by atoms with Crippen LogP contribution in [0.25, 0.3) is 0 Å². The summed E-state index contributed by atoms with van der Waals surface area (Å²) in [4.78, 5) is -0.0278. The van der Waals surface area contributed by atoms with Crippen molar-refractivity contribution in [3.8, 4) is 0 Å². The molecule has 5 nitrogen and oxygen atoms in total. The molecule has 0 amide bonds. The van der Waals surface area contributed by atoms with Gasteiger partial charge in [-0.25, -0.2) is 0 Å². The Morgan fingerprint density at radius 1 is 1.33 bits per heavy atom. The van der Waals surface area contributed by atoms with E-state index in [1.165, 1.54) is 12.1 Å². The summed E-state index contributed by atoms with van der Waals surface area (Å²) in [7, 11) is -3.87. The van der Waals surface area contributed by atoms with E-state index in [0.29, 0.717) is 0 Å². The third-order valence-corrected chi connectivity index (χ3v) is 2.93. The second kappa shape index (κ2) is 2.04. The highest BCUT2D eigenvalue weighted by Gasteiger charge is 2.35. The predicted octanol–water partition coefficient (Wildman–Crippen LogP) is 0.983. The Kier molecular flexibility index (Phi) is 1.23. The quantitative estimate of drug-likeness (QED) is 0.445. The van der Waals surface area contributed by atoms with Gasteiger partial charge >= 0.3 is 10.0 Å². The van der Waals surface area contributed by atoms with Gasteiger partial charge in [0.1, 0.15) is 0 Å². The summed E-state index contributed by atoms with van der Waals surface area (Å²) in [5.74, 6) is 0. The van der Waals surface area contributed by atoms with Gasteiger partial charge in [-0.15, -0.1) is 0 Å². The molecule has 2 rings (SSSR count). The lowest BCUT2D eigenvalue weighted by Gasteiger charge is -1.90. The maximum atomic E-state index is 11.1. The van der Waals surface area contributed by atoms with Gasteiger partial charge in [-0.1, -0.05) is 12.1 Å². The largest absolute Gasteiger partial charge is 0.583 e. The third kappa shape index (κ3) is 0.751. The molecule has 12 heavy (non-hydrogen) atoms. The Balaban J connectivity index is 2.83. The molecular formula is C6H4N2O3S. The van der Waals surface area contributed by atoms with Crippen LogP contribution in [-0.4, -0.2) is 12.7 Å². The summed E-state index contributed by atoms with van der Waals surface area (Å²) >= 11 is 0. The highest BCUT2D eigenvalue weighted by atomic mass is 32.2. The topological polar surface area (TPSA) is 72.6 Å². The van der Waals surface area contributed by atoms with E-state index in [9.17, 15) is 13.6 Å². The Morgan fingerprint density at radius 3 is 2.67 bits per heavy atom. The lowest BCUT2D eigenvalue weighted by molar-refractivity contribution is -0.354. The molecule has 6 heteroatoms. The molecule has 0 spiro atoms. The lowest BCUT2D eigenvalue weighted by atomic mass is 10.3. The van der Waals surface area contributed by atoms with Crippen LogP contribution in [0.2, 0.25) is 0 Å². The van der Waals surface area contributed by atoms with E-state index < -0.39 is 10.0 Å². The number of rotatable bonds is 0. The summed E-state index contributed by atoms with van der Waals surface area (Å²) < 4.78 is 21.9. The minimum Gasteiger partial charge on any atom is -0.583 e. The maximum Gasteiger partial charge on any atom is 0.431 e. The van der Waals surface area contributed by atoms with Crippen LogP contribution in [0.15, 0.2) is 34.3 Å². The number of nitrogens with zero attached hydrogens (tertiary/aromatic N) is 2. The Hall–Kier alpha value is -1.43. The van der Waals surface area contributed by atoms with Crippen LogP contribution >= 0.6 is 0 Å². The van der Waals surface area contributed by atoms with E-state index in [4.69, 9.17) is 0 Å². The van der Waals surface area contributed by atoms with E-state index in [-0.39, 0.29) is 14.8 Å². The summed E-state index contributed by atoms with van der Waals surface area (Å²) in [5, 5.41) is 14.0. The molecule has 62 valence electrons. The highest BCUT2D eigenvalue weighted by Crippen LogP contribution is 2.31. The van der Waals surface area contributed by atoms with E-state index in [1.54, 1.807) is 12.1 Å². The molecule has 0 aliphatic carbocycles. The predicted molar refractivity (Wildman–Crippen MR) is 39.3 cm³/mol. The second-order valence-electron chi connectivity index (χ2n) is 2.28. The zero-order valence-corrected chi connectivity index (χ0v) is 6.65. The molecule has 0 fully saturated rings. The van der Waals surface area contributed by atoms with E-state index in [1.807, 2.05) is 0 Å². The van der Waals surface area contributed by atoms with E-state index in [0.717, 1.165) is 0 Å². The summed E-state index contributed by atoms with van der Waals surface area (Å²) in [5.41, 5.74) is 0.201. The van der Waals surface area contributed by atoms with Crippen LogP contribution in [-0.2, 0) is 10.0 Å². The molecule has 0 N–H and O–H groups in total. The van der Waals surface area contributed by atoms with Crippen molar-refractivity contribution >= 4 is 15.7 Å².